The van der Waals surface area contributed by atoms with Gasteiger partial charge in [-0.1, -0.05) is 0 Å². The third-order valence-electron chi connectivity index (χ3n) is 3.73. The van der Waals surface area contributed by atoms with Gasteiger partial charge in [0, 0.05) is 6.04 Å². The van der Waals surface area contributed by atoms with Gasteiger partial charge in [-0.25, -0.2) is 8.42 Å². The molecule has 0 aromatic rings. The molecule has 1 aliphatic carbocycles. The fraction of sp³-hybridized carbons (Fsp3) is 1.00. The number of hydrogen-bond acceptors (Lipinski definition) is 3. The van der Waals surface area contributed by atoms with Gasteiger partial charge in [-0.3, -0.25) is 0 Å². The molecular formula is C11H21NO2S. The van der Waals surface area contributed by atoms with E-state index in [2.05, 4.69) is 12.2 Å². The molecule has 3 nitrogen and oxygen atoms in total. The van der Waals surface area contributed by atoms with E-state index in [1.807, 2.05) is 0 Å². The maximum Gasteiger partial charge on any atom is 0.150 e. The molecule has 1 aliphatic heterocycles. The second-order valence-corrected chi connectivity index (χ2v) is 7.43. The van der Waals surface area contributed by atoms with Crippen LogP contribution in [0.25, 0.3) is 0 Å². The molecule has 2 rings (SSSR count). The van der Waals surface area contributed by atoms with Gasteiger partial charge in [0.05, 0.1) is 11.5 Å². The Balaban J connectivity index is 1.68. The Morgan fingerprint density at radius 2 is 1.80 bits per heavy atom. The van der Waals surface area contributed by atoms with E-state index >= 15 is 0 Å². The minimum atomic E-state index is -2.69. The van der Waals surface area contributed by atoms with Crippen molar-refractivity contribution in [2.24, 2.45) is 11.8 Å². The van der Waals surface area contributed by atoms with E-state index in [-0.39, 0.29) is 0 Å². The van der Waals surface area contributed by atoms with Crippen molar-refractivity contribution in [1.29, 1.82) is 0 Å². The van der Waals surface area contributed by atoms with Gasteiger partial charge >= 0.3 is 0 Å². The number of nitrogens with one attached hydrogen (secondary N) is 1. The molecule has 1 N–H and O–H groups in total. The summed E-state index contributed by atoms with van der Waals surface area (Å²) in [4.78, 5) is 0. The van der Waals surface area contributed by atoms with Crippen molar-refractivity contribution in [2.45, 2.75) is 38.6 Å². The van der Waals surface area contributed by atoms with Crippen LogP contribution in [0.1, 0.15) is 32.6 Å². The molecule has 4 heteroatoms. The predicted molar refractivity (Wildman–Crippen MR) is 61.6 cm³/mol. The zero-order valence-corrected chi connectivity index (χ0v) is 10.2. The molecule has 88 valence electrons. The lowest BCUT2D eigenvalue weighted by Gasteiger charge is -2.24. The third-order valence-corrected chi connectivity index (χ3v) is 5.45. The summed E-state index contributed by atoms with van der Waals surface area (Å²) in [5, 5.41) is 3.55. The Kier molecular flexibility index (Phi) is 3.36. The van der Waals surface area contributed by atoms with Gasteiger partial charge in [0.25, 0.3) is 0 Å². The van der Waals surface area contributed by atoms with Crippen molar-refractivity contribution in [3.05, 3.63) is 0 Å². The first-order valence-electron chi connectivity index (χ1n) is 6.00. The minimum absolute atomic E-state index is 0.400. The fourth-order valence-corrected chi connectivity index (χ4v) is 3.85. The van der Waals surface area contributed by atoms with Crippen molar-refractivity contribution in [1.82, 2.24) is 5.32 Å². The highest BCUT2D eigenvalue weighted by atomic mass is 32.2. The van der Waals surface area contributed by atoms with Gasteiger partial charge < -0.3 is 5.32 Å². The topological polar surface area (TPSA) is 46.2 Å². The first kappa shape index (κ1) is 11.4. The van der Waals surface area contributed by atoms with Gasteiger partial charge in [0.15, 0.2) is 0 Å². The smallest absolute Gasteiger partial charge is 0.150 e. The second kappa shape index (κ2) is 4.42. The Morgan fingerprint density at radius 1 is 1.20 bits per heavy atom. The normalized spacial score (nSPS) is 28.9. The largest absolute Gasteiger partial charge is 0.314 e. The first-order chi connectivity index (χ1) is 7.07. The molecule has 15 heavy (non-hydrogen) atoms. The molecule has 0 spiro atoms. The molecule has 0 aromatic carbocycles. The lowest BCUT2D eigenvalue weighted by molar-refractivity contribution is 0.391. The zero-order chi connectivity index (χ0) is 10.9. The van der Waals surface area contributed by atoms with Crippen LogP contribution in [0.2, 0.25) is 0 Å². The molecule has 0 amide bonds. The highest BCUT2D eigenvalue weighted by molar-refractivity contribution is 7.91. The molecule has 0 radical (unpaired) electrons. The Morgan fingerprint density at radius 3 is 2.33 bits per heavy atom. The molecule has 2 aliphatic rings. The SMILES string of the molecule is CC(NCC1CCS(=O)(=O)CC1)C1CC1. The third kappa shape index (κ3) is 3.45. The van der Waals surface area contributed by atoms with Gasteiger partial charge in [-0.15, -0.1) is 0 Å². The summed E-state index contributed by atoms with van der Waals surface area (Å²) in [6.07, 6.45) is 4.44. The molecular weight excluding hydrogens is 210 g/mol. The maximum atomic E-state index is 11.2. The summed E-state index contributed by atoms with van der Waals surface area (Å²) in [5.74, 6) is 2.26. The van der Waals surface area contributed by atoms with E-state index in [4.69, 9.17) is 0 Å². The van der Waals surface area contributed by atoms with Crippen molar-refractivity contribution in [3.63, 3.8) is 0 Å². The molecule has 1 saturated heterocycles. The average Bonchev–Trinajstić information content (AvgIpc) is 2.99. The van der Waals surface area contributed by atoms with Crippen LogP contribution in [0.5, 0.6) is 0 Å². The minimum Gasteiger partial charge on any atom is -0.314 e. The Hall–Kier alpha value is -0.0900. The Bertz CT molecular complexity index is 295. The lowest BCUT2D eigenvalue weighted by Crippen LogP contribution is -2.36. The maximum absolute atomic E-state index is 11.2. The van der Waals surface area contributed by atoms with Crippen molar-refractivity contribution in [2.75, 3.05) is 18.1 Å². The standard InChI is InChI=1S/C11H21NO2S/c1-9(11-2-3-11)12-8-10-4-6-15(13,14)7-5-10/h9-12H,2-8H2,1H3. The van der Waals surface area contributed by atoms with Crippen molar-refractivity contribution in [3.8, 4) is 0 Å². The average molecular weight is 231 g/mol. The van der Waals surface area contributed by atoms with Gasteiger partial charge in [0.2, 0.25) is 0 Å². The van der Waals surface area contributed by atoms with Crippen LogP contribution >= 0.6 is 0 Å². The van der Waals surface area contributed by atoms with E-state index in [0.717, 1.165) is 25.3 Å². The summed E-state index contributed by atoms with van der Waals surface area (Å²) in [6, 6.07) is 0.628. The molecule has 1 saturated carbocycles. The highest BCUT2D eigenvalue weighted by Crippen LogP contribution is 2.32. The molecule has 2 fully saturated rings. The summed E-state index contributed by atoms with van der Waals surface area (Å²) < 4.78 is 22.5. The summed E-state index contributed by atoms with van der Waals surface area (Å²) in [5.41, 5.74) is 0. The van der Waals surface area contributed by atoms with Crippen LogP contribution < -0.4 is 5.32 Å². The number of rotatable bonds is 4. The van der Waals surface area contributed by atoms with Gasteiger partial charge in [0.1, 0.15) is 9.84 Å². The Labute approximate surface area is 92.6 Å². The molecule has 1 atom stereocenters. The highest BCUT2D eigenvalue weighted by Gasteiger charge is 2.29. The summed E-state index contributed by atoms with van der Waals surface area (Å²) in [6.45, 7) is 3.25. The molecule has 1 unspecified atom stereocenters. The van der Waals surface area contributed by atoms with Gasteiger partial charge in [-0.2, -0.15) is 0 Å². The number of hydrogen-bond donors (Lipinski definition) is 1. The lowest BCUT2D eigenvalue weighted by atomic mass is 10.0. The monoisotopic (exact) mass is 231 g/mol. The quantitative estimate of drug-likeness (QED) is 0.791. The molecule has 0 bridgehead atoms. The zero-order valence-electron chi connectivity index (χ0n) is 9.41. The summed E-state index contributed by atoms with van der Waals surface area (Å²) in [7, 11) is -2.69. The molecule has 0 aromatic heterocycles. The van der Waals surface area contributed by atoms with Crippen LogP contribution in [-0.2, 0) is 9.84 Å². The fourth-order valence-electron chi connectivity index (χ4n) is 2.26. The van der Waals surface area contributed by atoms with E-state index in [0.29, 0.717) is 23.5 Å². The van der Waals surface area contributed by atoms with Crippen molar-refractivity contribution >= 4 is 9.84 Å². The first-order valence-corrected chi connectivity index (χ1v) is 7.83. The van der Waals surface area contributed by atoms with E-state index < -0.39 is 9.84 Å². The summed E-state index contributed by atoms with van der Waals surface area (Å²) >= 11 is 0. The van der Waals surface area contributed by atoms with Crippen LogP contribution in [0.3, 0.4) is 0 Å². The van der Waals surface area contributed by atoms with Crippen molar-refractivity contribution < 1.29 is 8.42 Å². The molecule has 1 heterocycles. The van der Waals surface area contributed by atoms with E-state index in [9.17, 15) is 8.42 Å². The van der Waals surface area contributed by atoms with E-state index in [1.54, 1.807) is 0 Å². The predicted octanol–water partition coefficient (Wildman–Crippen LogP) is 1.20. The van der Waals surface area contributed by atoms with Gasteiger partial charge in [-0.05, 0) is 51.0 Å². The van der Waals surface area contributed by atoms with Crippen LogP contribution in [0.4, 0.5) is 0 Å². The number of sulfone groups is 1. The van der Waals surface area contributed by atoms with Crippen LogP contribution in [0, 0.1) is 11.8 Å². The van der Waals surface area contributed by atoms with E-state index in [1.165, 1.54) is 12.8 Å². The second-order valence-electron chi connectivity index (χ2n) is 5.13. The van der Waals surface area contributed by atoms with Crippen LogP contribution in [-0.4, -0.2) is 32.5 Å². The van der Waals surface area contributed by atoms with Crippen LogP contribution in [0.15, 0.2) is 0 Å².